The second-order valence-electron chi connectivity index (χ2n) is 4.37. The highest BCUT2D eigenvalue weighted by atomic mass is 127. The van der Waals surface area contributed by atoms with Crippen LogP contribution in [0.4, 0.5) is 0 Å². The molecule has 0 amide bonds. The maximum Gasteiger partial charge on any atom is 0.191 e. The minimum Gasteiger partial charge on any atom is -0.351 e. The molecular weight excluding hydrogens is 417 g/mol. The molecule has 2 aromatic rings. The molecule has 2 aromatic heterocycles. The zero-order valence-electron chi connectivity index (χ0n) is 12.6. The van der Waals surface area contributed by atoms with Gasteiger partial charge < -0.3 is 10.6 Å². The topological polar surface area (TPSA) is 62.2 Å². The smallest absolute Gasteiger partial charge is 0.191 e. The second kappa shape index (κ2) is 8.64. The van der Waals surface area contributed by atoms with E-state index in [0.29, 0.717) is 6.54 Å². The van der Waals surface area contributed by atoms with Gasteiger partial charge in [0, 0.05) is 23.0 Å². The fraction of sp³-hybridized carbons (Fsp3) is 0.462. The van der Waals surface area contributed by atoms with Crippen molar-refractivity contribution < 1.29 is 0 Å². The van der Waals surface area contributed by atoms with Gasteiger partial charge in [0.25, 0.3) is 0 Å². The van der Waals surface area contributed by atoms with Gasteiger partial charge in [-0.25, -0.2) is 9.97 Å². The predicted molar refractivity (Wildman–Crippen MR) is 101 cm³/mol. The normalized spacial score (nSPS) is 11.1. The maximum absolute atomic E-state index is 4.50. The lowest BCUT2D eigenvalue weighted by molar-refractivity contribution is 0.808. The third kappa shape index (κ3) is 5.51. The Morgan fingerprint density at radius 3 is 2.43 bits per heavy atom. The SMILES string of the molecule is CN=C(NCc1cnc(C)s1)NCc1nc(C)c(C)s1.I. The first-order chi connectivity index (χ1) is 9.58. The first-order valence-corrected chi connectivity index (χ1v) is 8.00. The van der Waals surface area contributed by atoms with Crippen molar-refractivity contribution in [1.29, 1.82) is 0 Å². The summed E-state index contributed by atoms with van der Waals surface area (Å²) in [5.74, 6) is 0.779. The Morgan fingerprint density at radius 1 is 1.19 bits per heavy atom. The van der Waals surface area contributed by atoms with Crippen LogP contribution in [-0.2, 0) is 13.1 Å². The number of nitrogens with one attached hydrogen (secondary N) is 2. The number of aryl methyl sites for hydroxylation is 3. The van der Waals surface area contributed by atoms with Gasteiger partial charge in [-0.3, -0.25) is 4.99 Å². The average Bonchev–Trinajstić information content (AvgIpc) is 2.97. The van der Waals surface area contributed by atoms with Gasteiger partial charge in [0.2, 0.25) is 0 Å². The van der Waals surface area contributed by atoms with Crippen molar-refractivity contribution in [2.75, 3.05) is 7.05 Å². The molecule has 0 spiro atoms. The highest BCUT2D eigenvalue weighted by molar-refractivity contribution is 14.0. The highest BCUT2D eigenvalue weighted by Gasteiger charge is 2.05. The monoisotopic (exact) mass is 437 g/mol. The van der Waals surface area contributed by atoms with Gasteiger partial charge in [-0.1, -0.05) is 0 Å². The maximum atomic E-state index is 4.50. The Morgan fingerprint density at radius 2 is 1.90 bits per heavy atom. The number of nitrogens with zero attached hydrogens (tertiary/aromatic N) is 3. The zero-order chi connectivity index (χ0) is 14.5. The summed E-state index contributed by atoms with van der Waals surface area (Å²) in [4.78, 5) is 15.4. The Kier molecular flexibility index (Phi) is 7.53. The number of aliphatic imine (C=N–C) groups is 1. The van der Waals surface area contributed by atoms with Crippen LogP contribution in [0.5, 0.6) is 0 Å². The summed E-state index contributed by atoms with van der Waals surface area (Å²) in [6.45, 7) is 7.57. The van der Waals surface area contributed by atoms with Gasteiger partial charge in [0.15, 0.2) is 5.96 Å². The van der Waals surface area contributed by atoms with Crippen LogP contribution in [0.1, 0.15) is 25.5 Å². The first kappa shape index (κ1) is 18.3. The summed E-state index contributed by atoms with van der Waals surface area (Å²) in [7, 11) is 1.77. The Balaban J connectivity index is 0.00000220. The van der Waals surface area contributed by atoms with Crippen molar-refractivity contribution >= 4 is 52.6 Å². The first-order valence-electron chi connectivity index (χ1n) is 6.37. The molecule has 0 aliphatic rings. The summed E-state index contributed by atoms with van der Waals surface area (Å²) in [5, 5.41) is 8.71. The molecule has 0 aromatic carbocycles. The van der Waals surface area contributed by atoms with E-state index < -0.39 is 0 Å². The lowest BCUT2D eigenvalue weighted by Gasteiger charge is -2.09. The molecule has 2 N–H and O–H groups in total. The van der Waals surface area contributed by atoms with Crippen LogP contribution in [0.3, 0.4) is 0 Å². The number of hydrogen-bond acceptors (Lipinski definition) is 5. The van der Waals surface area contributed by atoms with E-state index in [4.69, 9.17) is 0 Å². The summed E-state index contributed by atoms with van der Waals surface area (Å²) < 4.78 is 0. The highest BCUT2D eigenvalue weighted by Crippen LogP contribution is 2.16. The molecule has 0 radical (unpaired) electrons. The van der Waals surface area contributed by atoms with Gasteiger partial charge >= 0.3 is 0 Å². The molecule has 116 valence electrons. The van der Waals surface area contributed by atoms with E-state index in [1.54, 1.807) is 29.7 Å². The Bertz CT molecular complexity index is 586. The summed E-state index contributed by atoms with van der Waals surface area (Å²) >= 11 is 3.41. The summed E-state index contributed by atoms with van der Waals surface area (Å²) in [5.41, 5.74) is 1.11. The van der Waals surface area contributed by atoms with E-state index in [2.05, 4.69) is 32.5 Å². The summed E-state index contributed by atoms with van der Waals surface area (Å²) in [6, 6.07) is 0. The molecule has 5 nitrogen and oxygen atoms in total. The second-order valence-corrected chi connectivity index (χ2v) is 6.98. The molecule has 2 rings (SSSR count). The fourth-order valence-corrected chi connectivity index (χ4v) is 3.26. The van der Waals surface area contributed by atoms with Crippen molar-refractivity contribution in [3.8, 4) is 0 Å². The number of guanidine groups is 1. The van der Waals surface area contributed by atoms with E-state index in [1.807, 2.05) is 20.0 Å². The molecule has 0 unspecified atom stereocenters. The lowest BCUT2D eigenvalue weighted by atomic mass is 10.4. The molecular formula is C13H20IN5S2. The van der Waals surface area contributed by atoms with Crippen molar-refractivity contribution in [1.82, 2.24) is 20.6 Å². The van der Waals surface area contributed by atoms with Crippen LogP contribution < -0.4 is 10.6 Å². The van der Waals surface area contributed by atoms with Crippen molar-refractivity contribution in [2.45, 2.75) is 33.9 Å². The van der Waals surface area contributed by atoms with Gasteiger partial charge in [-0.2, -0.15) is 0 Å². The van der Waals surface area contributed by atoms with E-state index in [9.17, 15) is 0 Å². The van der Waals surface area contributed by atoms with Crippen LogP contribution in [-0.4, -0.2) is 23.0 Å². The molecule has 0 aliphatic heterocycles. The van der Waals surface area contributed by atoms with Crippen molar-refractivity contribution in [2.24, 2.45) is 4.99 Å². The molecule has 0 bridgehead atoms. The average molecular weight is 437 g/mol. The minimum atomic E-state index is 0. The predicted octanol–water partition coefficient (Wildman–Crippen LogP) is 3.01. The number of rotatable bonds is 4. The number of thiazole rings is 2. The van der Waals surface area contributed by atoms with Crippen molar-refractivity contribution in [3.63, 3.8) is 0 Å². The molecule has 21 heavy (non-hydrogen) atoms. The third-order valence-corrected chi connectivity index (χ3v) is 4.79. The molecule has 0 saturated heterocycles. The standard InChI is InChI=1S/C13H19N5S2.HI/c1-8-9(2)19-12(18-8)7-17-13(14-4)16-6-11-5-15-10(3)20-11;/h5H,6-7H2,1-4H3,(H2,14,16,17);1H. The largest absolute Gasteiger partial charge is 0.351 e. The molecule has 0 aliphatic carbocycles. The lowest BCUT2D eigenvalue weighted by Crippen LogP contribution is -2.36. The zero-order valence-corrected chi connectivity index (χ0v) is 16.5. The quantitative estimate of drug-likeness (QED) is 0.439. The fourth-order valence-electron chi connectivity index (χ4n) is 1.65. The van der Waals surface area contributed by atoms with E-state index in [-0.39, 0.29) is 24.0 Å². The molecule has 0 atom stereocenters. The minimum absolute atomic E-state index is 0. The Hall–Kier alpha value is -0.740. The Labute approximate surface area is 150 Å². The van der Waals surface area contributed by atoms with E-state index >= 15 is 0 Å². The van der Waals surface area contributed by atoms with Crippen LogP contribution in [0, 0.1) is 20.8 Å². The third-order valence-electron chi connectivity index (χ3n) is 2.80. The van der Waals surface area contributed by atoms with E-state index in [1.165, 1.54) is 9.75 Å². The molecule has 0 saturated carbocycles. The van der Waals surface area contributed by atoms with Gasteiger partial charge in [0.05, 0.1) is 23.8 Å². The summed E-state index contributed by atoms with van der Waals surface area (Å²) in [6.07, 6.45) is 1.90. The van der Waals surface area contributed by atoms with Gasteiger partial charge in [-0.05, 0) is 20.8 Å². The number of aromatic nitrogens is 2. The van der Waals surface area contributed by atoms with Crippen LogP contribution in [0.25, 0.3) is 0 Å². The van der Waals surface area contributed by atoms with Crippen LogP contribution >= 0.6 is 46.7 Å². The molecule has 8 heteroatoms. The number of halogens is 1. The van der Waals surface area contributed by atoms with Crippen molar-refractivity contribution in [3.05, 3.63) is 31.7 Å². The van der Waals surface area contributed by atoms with Gasteiger partial charge in [-0.15, -0.1) is 46.7 Å². The molecule has 2 heterocycles. The number of hydrogen-bond donors (Lipinski definition) is 2. The van der Waals surface area contributed by atoms with E-state index in [0.717, 1.165) is 28.2 Å². The van der Waals surface area contributed by atoms with Gasteiger partial charge in [0.1, 0.15) is 5.01 Å². The molecule has 0 fully saturated rings. The van der Waals surface area contributed by atoms with Crippen LogP contribution in [0.2, 0.25) is 0 Å². The van der Waals surface area contributed by atoms with Crippen LogP contribution in [0.15, 0.2) is 11.2 Å².